The molecule has 2 N–H and O–H groups in total. The summed E-state index contributed by atoms with van der Waals surface area (Å²) in [5.41, 5.74) is -0.691. The Kier molecular flexibility index (Phi) is 3.76. The molecule has 0 saturated carbocycles. The topological polar surface area (TPSA) is 75.6 Å². The summed E-state index contributed by atoms with van der Waals surface area (Å²) in [5.74, 6) is -1.52. The highest BCUT2D eigenvalue weighted by Crippen LogP contribution is 2.28. The molecule has 0 aliphatic carbocycles. The van der Waals surface area contributed by atoms with Crippen molar-refractivity contribution in [2.75, 3.05) is 13.2 Å². The normalized spacial score (nSPS) is 23.2. The molecule has 1 saturated heterocycles. The molecular weight excluding hydrogens is 230 g/mol. The second-order valence-electron chi connectivity index (χ2n) is 5.19. The lowest BCUT2D eigenvalue weighted by Crippen LogP contribution is -2.67. The molecule has 0 aromatic heterocycles. The Labute approximate surface area is 98.1 Å². The van der Waals surface area contributed by atoms with E-state index in [-0.39, 0.29) is 0 Å². The SMILES string of the molecule is CC(C(=O)O)C1(NS(=O)C(C)(C)C)COC1. The number of hydrogen-bond donors (Lipinski definition) is 2. The fourth-order valence-electron chi connectivity index (χ4n) is 1.29. The van der Waals surface area contributed by atoms with Crippen LogP contribution in [0, 0.1) is 5.92 Å². The van der Waals surface area contributed by atoms with Gasteiger partial charge in [0.2, 0.25) is 0 Å². The summed E-state index contributed by atoms with van der Waals surface area (Å²) in [5, 5.41) is 9.00. The highest BCUT2D eigenvalue weighted by Gasteiger charge is 2.49. The van der Waals surface area contributed by atoms with Gasteiger partial charge in [-0.2, -0.15) is 0 Å². The lowest BCUT2D eigenvalue weighted by molar-refractivity contribution is -0.155. The molecule has 1 heterocycles. The molecular formula is C10H19NO4S. The van der Waals surface area contributed by atoms with E-state index in [0.717, 1.165) is 0 Å². The summed E-state index contributed by atoms with van der Waals surface area (Å²) >= 11 is 0. The zero-order chi connectivity index (χ0) is 12.6. The number of rotatable bonds is 4. The maximum absolute atomic E-state index is 12.0. The monoisotopic (exact) mass is 249 g/mol. The number of carboxylic acid groups (broad SMARTS) is 1. The van der Waals surface area contributed by atoms with Gasteiger partial charge in [0.25, 0.3) is 0 Å². The van der Waals surface area contributed by atoms with Crippen LogP contribution in [0.15, 0.2) is 0 Å². The molecule has 0 amide bonds. The third-order valence-electron chi connectivity index (χ3n) is 2.77. The zero-order valence-corrected chi connectivity index (χ0v) is 10.9. The van der Waals surface area contributed by atoms with Gasteiger partial charge in [0, 0.05) is 0 Å². The third kappa shape index (κ3) is 2.61. The van der Waals surface area contributed by atoms with Crippen molar-refractivity contribution in [3.05, 3.63) is 0 Å². The third-order valence-corrected chi connectivity index (χ3v) is 4.47. The Morgan fingerprint density at radius 2 is 2.00 bits per heavy atom. The summed E-state index contributed by atoms with van der Waals surface area (Å²) in [6.45, 7) is 7.72. The van der Waals surface area contributed by atoms with Crippen LogP contribution < -0.4 is 4.72 Å². The molecule has 0 aromatic rings. The van der Waals surface area contributed by atoms with E-state index in [0.29, 0.717) is 13.2 Å². The van der Waals surface area contributed by atoms with E-state index in [1.54, 1.807) is 6.92 Å². The lowest BCUT2D eigenvalue weighted by Gasteiger charge is -2.45. The number of carbonyl (C=O) groups is 1. The van der Waals surface area contributed by atoms with Crippen molar-refractivity contribution < 1.29 is 18.8 Å². The Morgan fingerprint density at radius 3 is 2.25 bits per heavy atom. The van der Waals surface area contributed by atoms with Crippen molar-refractivity contribution in [1.82, 2.24) is 4.72 Å². The zero-order valence-electron chi connectivity index (χ0n) is 10.1. The smallest absolute Gasteiger partial charge is 0.308 e. The van der Waals surface area contributed by atoms with Crippen LogP contribution in [0.4, 0.5) is 0 Å². The van der Waals surface area contributed by atoms with E-state index in [1.165, 1.54) is 0 Å². The van der Waals surface area contributed by atoms with Crippen LogP contribution in [0.3, 0.4) is 0 Å². The van der Waals surface area contributed by atoms with Crippen molar-refractivity contribution in [1.29, 1.82) is 0 Å². The summed E-state index contributed by atoms with van der Waals surface area (Å²) in [6, 6.07) is 0. The molecule has 2 unspecified atom stereocenters. The maximum atomic E-state index is 12.0. The Bertz CT molecular complexity index is 306. The van der Waals surface area contributed by atoms with Crippen molar-refractivity contribution in [2.45, 2.75) is 38.0 Å². The average molecular weight is 249 g/mol. The van der Waals surface area contributed by atoms with Crippen LogP contribution >= 0.6 is 0 Å². The minimum absolute atomic E-state index is 0.294. The standard InChI is InChI=1S/C10H19NO4S/c1-7(8(12)13)10(5-15-6-10)11-16(14)9(2,3)4/h7,11H,5-6H2,1-4H3,(H,12,13). The van der Waals surface area contributed by atoms with E-state index in [9.17, 15) is 9.00 Å². The first kappa shape index (κ1) is 13.6. The second-order valence-corrected chi connectivity index (χ2v) is 7.16. The molecule has 94 valence electrons. The minimum Gasteiger partial charge on any atom is -0.481 e. The predicted molar refractivity (Wildman–Crippen MR) is 61.4 cm³/mol. The van der Waals surface area contributed by atoms with Gasteiger partial charge in [-0.25, -0.2) is 8.93 Å². The van der Waals surface area contributed by atoms with E-state index in [2.05, 4.69) is 4.72 Å². The van der Waals surface area contributed by atoms with Crippen molar-refractivity contribution >= 4 is 17.0 Å². The fourth-order valence-corrected chi connectivity index (χ4v) is 2.26. The number of carboxylic acids is 1. The van der Waals surface area contributed by atoms with E-state index >= 15 is 0 Å². The van der Waals surface area contributed by atoms with Gasteiger partial charge < -0.3 is 9.84 Å². The molecule has 16 heavy (non-hydrogen) atoms. The van der Waals surface area contributed by atoms with Crippen LogP contribution in [0.1, 0.15) is 27.7 Å². The minimum atomic E-state index is -1.29. The maximum Gasteiger partial charge on any atom is 0.308 e. The Morgan fingerprint density at radius 1 is 1.50 bits per heavy atom. The van der Waals surface area contributed by atoms with Gasteiger partial charge in [-0.15, -0.1) is 0 Å². The van der Waals surface area contributed by atoms with Crippen LogP contribution in [0.5, 0.6) is 0 Å². The number of hydrogen-bond acceptors (Lipinski definition) is 3. The van der Waals surface area contributed by atoms with E-state index in [4.69, 9.17) is 9.84 Å². The van der Waals surface area contributed by atoms with Crippen molar-refractivity contribution in [3.8, 4) is 0 Å². The molecule has 1 fully saturated rings. The van der Waals surface area contributed by atoms with Gasteiger partial charge in [0.05, 0.1) is 40.4 Å². The molecule has 0 bridgehead atoms. The summed E-state index contributed by atoms with van der Waals surface area (Å²) < 4.78 is 19.5. The highest BCUT2D eigenvalue weighted by molar-refractivity contribution is 7.84. The van der Waals surface area contributed by atoms with Gasteiger partial charge in [-0.3, -0.25) is 4.79 Å². The summed E-state index contributed by atoms with van der Waals surface area (Å²) in [6.07, 6.45) is 0. The molecule has 1 aliphatic heterocycles. The molecule has 0 spiro atoms. The van der Waals surface area contributed by atoms with Crippen molar-refractivity contribution in [3.63, 3.8) is 0 Å². The molecule has 1 aliphatic rings. The Hall–Kier alpha value is -0.460. The summed E-state index contributed by atoms with van der Waals surface area (Å²) in [7, 11) is -1.29. The first-order valence-corrected chi connectivity index (χ1v) is 6.34. The molecule has 0 radical (unpaired) electrons. The lowest BCUT2D eigenvalue weighted by atomic mass is 9.84. The van der Waals surface area contributed by atoms with Crippen LogP contribution in [0.2, 0.25) is 0 Å². The van der Waals surface area contributed by atoms with Gasteiger partial charge in [-0.05, 0) is 27.7 Å². The van der Waals surface area contributed by atoms with Crippen LogP contribution in [0.25, 0.3) is 0 Å². The largest absolute Gasteiger partial charge is 0.481 e. The quantitative estimate of drug-likeness (QED) is 0.762. The first-order valence-electron chi connectivity index (χ1n) is 5.19. The van der Waals surface area contributed by atoms with E-state index < -0.39 is 33.2 Å². The van der Waals surface area contributed by atoms with E-state index in [1.807, 2.05) is 20.8 Å². The molecule has 5 nitrogen and oxygen atoms in total. The number of aliphatic carboxylic acids is 1. The number of nitrogens with one attached hydrogen (secondary N) is 1. The summed E-state index contributed by atoms with van der Waals surface area (Å²) in [4.78, 5) is 11.0. The average Bonchev–Trinajstić information content (AvgIpc) is 2.07. The number of ether oxygens (including phenoxy) is 1. The fraction of sp³-hybridized carbons (Fsp3) is 0.900. The highest BCUT2D eigenvalue weighted by atomic mass is 32.2. The second kappa shape index (κ2) is 4.43. The van der Waals surface area contributed by atoms with Crippen LogP contribution in [-0.4, -0.2) is 38.8 Å². The first-order chi connectivity index (χ1) is 7.19. The van der Waals surface area contributed by atoms with Crippen molar-refractivity contribution in [2.24, 2.45) is 5.92 Å². The Balaban J connectivity index is 2.76. The molecule has 6 heteroatoms. The van der Waals surface area contributed by atoms with Gasteiger partial charge in [0.1, 0.15) is 0 Å². The van der Waals surface area contributed by atoms with Gasteiger partial charge in [-0.1, -0.05) is 0 Å². The molecule has 1 rings (SSSR count). The van der Waals surface area contributed by atoms with Gasteiger partial charge in [0.15, 0.2) is 0 Å². The molecule has 2 atom stereocenters. The molecule has 0 aromatic carbocycles. The predicted octanol–water partition coefficient (Wildman–Crippen LogP) is 0.528. The van der Waals surface area contributed by atoms with Gasteiger partial charge >= 0.3 is 5.97 Å². The van der Waals surface area contributed by atoms with Crippen LogP contribution in [-0.2, 0) is 20.5 Å².